The summed E-state index contributed by atoms with van der Waals surface area (Å²) < 4.78 is 36.4. The molecule has 24 heavy (non-hydrogen) atoms. The molecule has 0 atom stereocenters. The van der Waals surface area contributed by atoms with Crippen LogP contribution in [0.25, 0.3) is 0 Å². The number of carbonyl (C=O) groups excluding carboxylic acids is 1. The minimum Gasteiger partial charge on any atom is -0.497 e. The fraction of sp³-hybridized carbons (Fsp3) is 0.235. The van der Waals surface area contributed by atoms with Crippen LogP contribution in [-0.2, 0) is 4.79 Å². The van der Waals surface area contributed by atoms with Crippen LogP contribution >= 0.6 is 11.8 Å². The van der Waals surface area contributed by atoms with Crippen LogP contribution in [0.2, 0.25) is 0 Å². The zero-order chi connectivity index (χ0) is 17.4. The van der Waals surface area contributed by atoms with Crippen molar-refractivity contribution in [3.8, 4) is 11.5 Å². The molecule has 0 fully saturated rings. The number of hydrogen-bond donors (Lipinski definition) is 1. The monoisotopic (exact) mass is 353 g/mol. The fourth-order valence-electron chi connectivity index (χ4n) is 1.80. The summed E-state index contributed by atoms with van der Waals surface area (Å²) in [5, 5.41) is 2.69. The molecule has 0 spiro atoms. The lowest BCUT2D eigenvalue weighted by Gasteiger charge is -2.08. The smallest absolute Gasteiger partial charge is 0.230 e. The molecule has 0 aliphatic rings. The second-order valence-electron chi connectivity index (χ2n) is 4.74. The van der Waals surface area contributed by atoms with Crippen LogP contribution in [0, 0.1) is 11.6 Å². The maximum absolute atomic E-state index is 13.0. The summed E-state index contributed by atoms with van der Waals surface area (Å²) in [6.07, 6.45) is 0. The van der Waals surface area contributed by atoms with Gasteiger partial charge >= 0.3 is 0 Å². The Bertz CT molecular complexity index is 680. The van der Waals surface area contributed by atoms with Gasteiger partial charge in [0.15, 0.2) is 11.6 Å². The number of hydrogen-bond acceptors (Lipinski definition) is 4. The predicted octanol–water partition coefficient (Wildman–Crippen LogP) is 3.26. The molecule has 1 N–H and O–H groups in total. The van der Waals surface area contributed by atoms with Crippen LogP contribution < -0.4 is 14.8 Å². The van der Waals surface area contributed by atoms with Crippen LogP contribution in [-0.4, -0.2) is 31.9 Å². The minimum absolute atomic E-state index is 0.119. The molecule has 2 aromatic carbocycles. The number of ether oxygens (including phenoxy) is 2. The number of halogens is 2. The lowest BCUT2D eigenvalue weighted by Crippen LogP contribution is -2.29. The number of carbonyl (C=O) groups is 1. The molecule has 0 saturated heterocycles. The van der Waals surface area contributed by atoms with Gasteiger partial charge in [0.2, 0.25) is 5.91 Å². The van der Waals surface area contributed by atoms with Crippen LogP contribution in [0.3, 0.4) is 0 Å². The highest BCUT2D eigenvalue weighted by Crippen LogP contribution is 2.20. The number of nitrogens with one attached hydrogen (secondary N) is 1. The van der Waals surface area contributed by atoms with Crippen molar-refractivity contribution in [2.45, 2.75) is 4.90 Å². The van der Waals surface area contributed by atoms with Gasteiger partial charge in [0.25, 0.3) is 0 Å². The molecule has 4 nitrogen and oxygen atoms in total. The summed E-state index contributed by atoms with van der Waals surface area (Å²) in [5.74, 6) is -0.491. The number of rotatable bonds is 8. The molecule has 0 aliphatic heterocycles. The van der Waals surface area contributed by atoms with Crippen molar-refractivity contribution < 1.29 is 23.0 Å². The van der Waals surface area contributed by atoms with Crippen molar-refractivity contribution in [3.63, 3.8) is 0 Å². The highest BCUT2D eigenvalue weighted by Gasteiger charge is 2.06. The van der Waals surface area contributed by atoms with E-state index in [0.29, 0.717) is 23.8 Å². The Balaban J connectivity index is 1.64. The van der Waals surface area contributed by atoms with E-state index in [0.717, 1.165) is 29.6 Å². The van der Waals surface area contributed by atoms with Gasteiger partial charge in [-0.15, -0.1) is 11.8 Å². The number of methoxy groups -OCH3 is 1. The van der Waals surface area contributed by atoms with Gasteiger partial charge in [-0.25, -0.2) is 8.78 Å². The van der Waals surface area contributed by atoms with Gasteiger partial charge in [-0.3, -0.25) is 4.79 Å². The highest BCUT2D eigenvalue weighted by molar-refractivity contribution is 8.00. The van der Waals surface area contributed by atoms with Gasteiger partial charge in [-0.05, 0) is 42.5 Å². The average Bonchev–Trinajstić information content (AvgIpc) is 2.60. The first-order valence-corrected chi connectivity index (χ1v) is 8.18. The summed E-state index contributed by atoms with van der Waals surface area (Å²) in [5.41, 5.74) is 0. The zero-order valence-electron chi connectivity index (χ0n) is 13.1. The lowest BCUT2D eigenvalue weighted by molar-refractivity contribution is -0.118. The van der Waals surface area contributed by atoms with E-state index in [9.17, 15) is 13.6 Å². The third kappa shape index (κ3) is 5.73. The van der Waals surface area contributed by atoms with E-state index in [1.807, 2.05) is 0 Å². The largest absolute Gasteiger partial charge is 0.497 e. The Morgan fingerprint density at radius 3 is 2.46 bits per heavy atom. The molecule has 2 rings (SSSR count). The summed E-state index contributed by atoms with van der Waals surface area (Å²) in [6, 6.07) is 10.7. The molecule has 0 aromatic heterocycles. The SMILES string of the molecule is COc1ccc(OCCNC(=O)CSc2ccc(F)c(F)c2)cc1. The van der Waals surface area contributed by atoms with E-state index >= 15 is 0 Å². The second kappa shape index (κ2) is 9.12. The van der Waals surface area contributed by atoms with Crippen LogP contribution in [0.4, 0.5) is 8.78 Å². The van der Waals surface area contributed by atoms with Crippen molar-refractivity contribution in [3.05, 3.63) is 54.1 Å². The topological polar surface area (TPSA) is 47.6 Å². The van der Waals surface area contributed by atoms with Gasteiger partial charge in [-0.1, -0.05) is 0 Å². The number of benzene rings is 2. The Labute approximate surface area is 143 Å². The first-order valence-electron chi connectivity index (χ1n) is 7.20. The van der Waals surface area contributed by atoms with Gasteiger partial charge in [-0.2, -0.15) is 0 Å². The van der Waals surface area contributed by atoms with E-state index in [1.54, 1.807) is 31.4 Å². The molecule has 0 radical (unpaired) electrons. The van der Waals surface area contributed by atoms with Crippen LogP contribution in [0.5, 0.6) is 11.5 Å². The maximum Gasteiger partial charge on any atom is 0.230 e. The molecule has 0 bridgehead atoms. The van der Waals surface area contributed by atoms with Crippen molar-refractivity contribution in [1.82, 2.24) is 5.32 Å². The predicted molar refractivity (Wildman–Crippen MR) is 88.6 cm³/mol. The molecule has 0 saturated carbocycles. The summed E-state index contributed by atoms with van der Waals surface area (Å²) >= 11 is 1.14. The molecular weight excluding hydrogens is 336 g/mol. The third-order valence-electron chi connectivity index (χ3n) is 3.01. The van der Waals surface area contributed by atoms with E-state index in [1.165, 1.54) is 6.07 Å². The summed E-state index contributed by atoms with van der Waals surface area (Å²) in [7, 11) is 1.59. The Kier molecular flexibility index (Phi) is 6.87. The zero-order valence-corrected chi connectivity index (χ0v) is 13.9. The lowest BCUT2D eigenvalue weighted by atomic mass is 10.3. The van der Waals surface area contributed by atoms with Crippen LogP contribution in [0.15, 0.2) is 47.4 Å². The maximum atomic E-state index is 13.0. The third-order valence-corrected chi connectivity index (χ3v) is 4.01. The van der Waals surface area contributed by atoms with E-state index in [4.69, 9.17) is 9.47 Å². The Morgan fingerprint density at radius 1 is 1.08 bits per heavy atom. The summed E-state index contributed by atoms with van der Waals surface area (Å²) in [4.78, 5) is 12.2. The fourth-order valence-corrected chi connectivity index (χ4v) is 2.55. The summed E-state index contributed by atoms with van der Waals surface area (Å²) in [6.45, 7) is 0.678. The average molecular weight is 353 g/mol. The van der Waals surface area contributed by atoms with Gasteiger partial charge in [0, 0.05) is 4.90 Å². The van der Waals surface area contributed by atoms with E-state index in [-0.39, 0.29) is 11.7 Å². The molecule has 0 aliphatic carbocycles. The molecule has 7 heteroatoms. The highest BCUT2D eigenvalue weighted by atomic mass is 32.2. The molecule has 128 valence electrons. The molecule has 2 aromatic rings. The molecule has 0 heterocycles. The van der Waals surface area contributed by atoms with Crippen molar-refractivity contribution in [1.29, 1.82) is 0 Å². The number of thioether (sulfide) groups is 1. The van der Waals surface area contributed by atoms with Gasteiger partial charge < -0.3 is 14.8 Å². The Morgan fingerprint density at radius 2 is 1.79 bits per heavy atom. The minimum atomic E-state index is -0.923. The van der Waals surface area contributed by atoms with Crippen molar-refractivity contribution in [2.24, 2.45) is 0 Å². The van der Waals surface area contributed by atoms with Gasteiger partial charge in [0.1, 0.15) is 18.1 Å². The van der Waals surface area contributed by atoms with Crippen LogP contribution in [0.1, 0.15) is 0 Å². The standard InChI is InChI=1S/C17H17F2NO3S/c1-22-12-2-4-13(5-3-12)23-9-8-20-17(21)11-24-14-6-7-15(18)16(19)10-14/h2-7,10H,8-9,11H2,1H3,(H,20,21). The quantitative estimate of drug-likeness (QED) is 0.585. The first kappa shape index (κ1) is 18.1. The second-order valence-corrected chi connectivity index (χ2v) is 5.79. The molecule has 1 amide bonds. The normalized spacial score (nSPS) is 10.3. The Hall–Kier alpha value is -2.28. The van der Waals surface area contributed by atoms with Gasteiger partial charge in [0.05, 0.1) is 19.4 Å². The number of amides is 1. The van der Waals surface area contributed by atoms with Crippen molar-refractivity contribution >= 4 is 17.7 Å². The van der Waals surface area contributed by atoms with Crippen molar-refractivity contribution in [2.75, 3.05) is 26.0 Å². The molecular formula is C17H17F2NO3S. The molecule has 0 unspecified atom stereocenters. The van der Waals surface area contributed by atoms with E-state index in [2.05, 4.69) is 5.32 Å². The first-order chi connectivity index (χ1) is 11.6. The van der Waals surface area contributed by atoms with E-state index < -0.39 is 11.6 Å².